The van der Waals surface area contributed by atoms with E-state index in [1.54, 1.807) is 35.0 Å². The number of benzene rings is 1. The van der Waals surface area contributed by atoms with Crippen molar-refractivity contribution in [3.05, 3.63) is 65.0 Å². The van der Waals surface area contributed by atoms with E-state index in [1.807, 2.05) is 31.3 Å². The standard InChI is InChI=1S/C17H15N3O2/c1-20-12-15(17(21)14-6-4-3-5-7-14)9-16(20)8-13(10-18)11-19-22-2/h3-9,11-12H,1-2H3/b13-8-,19-11+. The molecule has 0 saturated heterocycles. The van der Waals surface area contributed by atoms with Crippen LogP contribution in [0.3, 0.4) is 0 Å². The fourth-order valence-corrected chi connectivity index (χ4v) is 1.97. The van der Waals surface area contributed by atoms with E-state index >= 15 is 0 Å². The molecule has 1 aromatic carbocycles. The summed E-state index contributed by atoms with van der Waals surface area (Å²) in [5, 5.41) is 12.6. The van der Waals surface area contributed by atoms with Gasteiger partial charge in [0.25, 0.3) is 0 Å². The molecule has 0 bridgehead atoms. The first-order valence-corrected chi connectivity index (χ1v) is 6.60. The van der Waals surface area contributed by atoms with Crippen LogP contribution in [0, 0.1) is 11.3 Å². The SMILES string of the molecule is CO/N=C/C(C#N)=C\c1cc(C(=O)c2ccccc2)cn1C. The van der Waals surface area contributed by atoms with Gasteiger partial charge in [0.05, 0.1) is 11.8 Å². The van der Waals surface area contributed by atoms with Crippen molar-refractivity contribution in [3.63, 3.8) is 0 Å². The smallest absolute Gasteiger partial charge is 0.194 e. The van der Waals surface area contributed by atoms with Crippen molar-refractivity contribution < 1.29 is 9.63 Å². The normalized spacial score (nSPS) is 11.4. The molecule has 1 aromatic heterocycles. The number of ketones is 1. The highest BCUT2D eigenvalue weighted by atomic mass is 16.6. The lowest BCUT2D eigenvalue weighted by Crippen LogP contribution is -1.99. The first-order chi connectivity index (χ1) is 10.7. The van der Waals surface area contributed by atoms with Crippen molar-refractivity contribution in [2.45, 2.75) is 0 Å². The molecule has 0 aliphatic rings. The molecule has 0 unspecified atom stereocenters. The Labute approximate surface area is 128 Å². The highest BCUT2D eigenvalue weighted by Gasteiger charge is 2.12. The molecule has 0 aliphatic carbocycles. The minimum Gasteiger partial charge on any atom is -0.399 e. The zero-order chi connectivity index (χ0) is 15.9. The third-order valence-electron chi connectivity index (χ3n) is 3.07. The zero-order valence-corrected chi connectivity index (χ0v) is 12.4. The molecule has 110 valence electrons. The van der Waals surface area contributed by atoms with E-state index in [4.69, 9.17) is 5.26 Å². The maximum atomic E-state index is 12.4. The van der Waals surface area contributed by atoms with Crippen LogP contribution in [0.4, 0.5) is 0 Å². The molecule has 2 aromatic rings. The Morgan fingerprint density at radius 2 is 2.05 bits per heavy atom. The number of nitrogens with zero attached hydrogens (tertiary/aromatic N) is 3. The van der Waals surface area contributed by atoms with E-state index in [2.05, 4.69) is 9.99 Å². The average molecular weight is 293 g/mol. The molecule has 0 atom stereocenters. The molecule has 0 N–H and O–H groups in total. The molecular formula is C17H15N3O2. The van der Waals surface area contributed by atoms with Crippen LogP contribution >= 0.6 is 0 Å². The molecule has 0 saturated carbocycles. The van der Waals surface area contributed by atoms with Crippen LogP contribution in [-0.2, 0) is 11.9 Å². The molecular weight excluding hydrogens is 278 g/mol. The van der Waals surface area contributed by atoms with Gasteiger partial charge in [-0.1, -0.05) is 35.5 Å². The zero-order valence-electron chi connectivity index (χ0n) is 12.4. The Balaban J connectivity index is 2.33. The Hall–Kier alpha value is -3.13. The van der Waals surface area contributed by atoms with Gasteiger partial charge in [0, 0.05) is 30.1 Å². The molecule has 0 amide bonds. The quantitative estimate of drug-likeness (QED) is 0.368. The highest BCUT2D eigenvalue weighted by molar-refractivity contribution is 6.09. The maximum Gasteiger partial charge on any atom is 0.194 e. The summed E-state index contributed by atoms with van der Waals surface area (Å²) < 4.78 is 1.79. The van der Waals surface area contributed by atoms with E-state index < -0.39 is 0 Å². The van der Waals surface area contributed by atoms with Crippen LogP contribution in [-0.4, -0.2) is 23.7 Å². The summed E-state index contributed by atoms with van der Waals surface area (Å²) in [4.78, 5) is 17.0. The number of carbonyl (C=O) groups excluding carboxylic acids is 1. The number of aromatic nitrogens is 1. The lowest BCUT2D eigenvalue weighted by molar-refractivity contribution is 0.103. The Kier molecular flexibility index (Phi) is 4.89. The van der Waals surface area contributed by atoms with Crippen molar-refractivity contribution >= 4 is 18.1 Å². The number of aryl methyl sites for hydroxylation is 1. The van der Waals surface area contributed by atoms with Crippen molar-refractivity contribution in [1.82, 2.24) is 4.57 Å². The van der Waals surface area contributed by atoms with Crippen LogP contribution < -0.4 is 0 Å². The van der Waals surface area contributed by atoms with E-state index in [9.17, 15) is 4.79 Å². The number of hydrogen-bond donors (Lipinski definition) is 0. The van der Waals surface area contributed by atoms with Gasteiger partial charge >= 0.3 is 0 Å². The third kappa shape index (κ3) is 3.49. The second-order valence-electron chi connectivity index (χ2n) is 4.59. The summed E-state index contributed by atoms with van der Waals surface area (Å²) in [5.74, 6) is -0.0556. The highest BCUT2D eigenvalue weighted by Crippen LogP contribution is 2.15. The summed E-state index contributed by atoms with van der Waals surface area (Å²) in [6, 6.07) is 12.8. The largest absolute Gasteiger partial charge is 0.399 e. The van der Waals surface area contributed by atoms with Crippen LogP contribution in [0.1, 0.15) is 21.6 Å². The molecule has 1 heterocycles. The lowest BCUT2D eigenvalue weighted by atomic mass is 10.1. The molecule has 5 heteroatoms. The van der Waals surface area contributed by atoms with Crippen LogP contribution in [0.2, 0.25) is 0 Å². The predicted octanol–water partition coefficient (Wildman–Crippen LogP) is 2.80. The molecule has 5 nitrogen and oxygen atoms in total. The van der Waals surface area contributed by atoms with Gasteiger partial charge in [-0.2, -0.15) is 5.26 Å². The third-order valence-corrected chi connectivity index (χ3v) is 3.07. The number of oxime groups is 1. The Morgan fingerprint density at radius 1 is 1.32 bits per heavy atom. The minimum atomic E-state index is -0.0556. The first kappa shape index (κ1) is 15.3. The Bertz CT molecular complexity index is 765. The number of hydrogen-bond acceptors (Lipinski definition) is 4. The second-order valence-corrected chi connectivity index (χ2v) is 4.59. The number of nitriles is 1. The van der Waals surface area contributed by atoms with Gasteiger partial charge in [0.15, 0.2) is 5.78 Å². The second kappa shape index (κ2) is 7.04. The maximum absolute atomic E-state index is 12.4. The molecule has 22 heavy (non-hydrogen) atoms. The fraction of sp³-hybridized carbons (Fsp3) is 0.118. The Morgan fingerprint density at radius 3 is 2.68 bits per heavy atom. The number of allylic oxidation sites excluding steroid dienone is 1. The van der Waals surface area contributed by atoms with Crippen molar-refractivity contribution in [1.29, 1.82) is 5.26 Å². The monoisotopic (exact) mass is 293 g/mol. The summed E-state index contributed by atoms with van der Waals surface area (Å²) in [5.41, 5.74) is 2.27. The van der Waals surface area contributed by atoms with Gasteiger partial charge in [-0.25, -0.2) is 0 Å². The molecule has 0 spiro atoms. The van der Waals surface area contributed by atoms with Crippen molar-refractivity contribution in [2.24, 2.45) is 12.2 Å². The molecule has 2 rings (SSSR count). The van der Waals surface area contributed by atoms with Crippen LogP contribution in [0.25, 0.3) is 6.08 Å². The van der Waals surface area contributed by atoms with E-state index in [-0.39, 0.29) is 5.78 Å². The van der Waals surface area contributed by atoms with Gasteiger partial charge in [0.2, 0.25) is 0 Å². The predicted molar refractivity (Wildman–Crippen MR) is 84.4 cm³/mol. The summed E-state index contributed by atoms with van der Waals surface area (Å²) in [6.45, 7) is 0. The van der Waals surface area contributed by atoms with E-state index in [1.165, 1.54) is 13.3 Å². The van der Waals surface area contributed by atoms with Crippen molar-refractivity contribution in [3.8, 4) is 6.07 Å². The fourth-order valence-electron chi connectivity index (χ4n) is 1.97. The number of rotatable bonds is 5. The molecule has 0 aliphatic heterocycles. The van der Waals surface area contributed by atoms with Crippen LogP contribution in [0.5, 0.6) is 0 Å². The van der Waals surface area contributed by atoms with Crippen LogP contribution in [0.15, 0.2) is 53.3 Å². The van der Waals surface area contributed by atoms with Gasteiger partial charge in [-0.15, -0.1) is 0 Å². The average Bonchev–Trinajstić information content (AvgIpc) is 2.92. The van der Waals surface area contributed by atoms with Gasteiger partial charge in [0.1, 0.15) is 13.2 Å². The minimum absolute atomic E-state index is 0.0556. The van der Waals surface area contributed by atoms with E-state index in [0.29, 0.717) is 16.7 Å². The summed E-state index contributed by atoms with van der Waals surface area (Å²) in [7, 11) is 3.22. The topological polar surface area (TPSA) is 67.4 Å². The summed E-state index contributed by atoms with van der Waals surface area (Å²) >= 11 is 0. The van der Waals surface area contributed by atoms with Crippen molar-refractivity contribution in [2.75, 3.05) is 7.11 Å². The van der Waals surface area contributed by atoms with Gasteiger partial charge < -0.3 is 9.40 Å². The molecule has 0 radical (unpaired) electrons. The first-order valence-electron chi connectivity index (χ1n) is 6.60. The number of carbonyl (C=O) groups is 1. The van der Waals surface area contributed by atoms with Gasteiger partial charge in [-0.05, 0) is 12.1 Å². The summed E-state index contributed by atoms with van der Waals surface area (Å²) in [6.07, 6.45) is 4.71. The lowest BCUT2D eigenvalue weighted by Gasteiger charge is -1.96. The molecule has 0 fully saturated rings. The van der Waals surface area contributed by atoms with E-state index in [0.717, 1.165) is 5.69 Å². The van der Waals surface area contributed by atoms with Gasteiger partial charge in [-0.3, -0.25) is 4.79 Å².